The van der Waals surface area contributed by atoms with E-state index in [4.69, 9.17) is 11.6 Å². The number of pyridine rings is 1. The SMILES string of the molecule is Cc1cc(Cl)c(C)c(C(C)(C)C)n1. The van der Waals surface area contributed by atoms with Crippen LogP contribution in [0.25, 0.3) is 0 Å². The number of rotatable bonds is 0. The Morgan fingerprint density at radius 3 is 2.23 bits per heavy atom. The highest BCUT2D eigenvalue weighted by atomic mass is 35.5. The summed E-state index contributed by atoms with van der Waals surface area (Å²) in [5.41, 5.74) is 3.25. The third-order valence-electron chi connectivity index (χ3n) is 2.05. The van der Waals surface area contributed by atoms with Gasteiger partial charge in [-0.3, -0.25) is 4.98 Å². The van der Waals surface area contributed by atoms with Gasteiger partial charge in [0, 0.05) is 16.1 Å². The molecule has 0 amide bonds. The van der Waals surface area contributed by atoms with E-state index in [1.54, 1.807) is 0 Å². The largest absolute Gasteiger partial charge is 0.257 e. The summed E-state index contributed by atoms with van der Waals surface area (Å²) in [6, 6.07) is 1.91. The first-order chi connectivity index (χ1) is 5.82. The van der Waals surface area contributed by atoms with Crippen molar-refractivity contribution in [2.24, 2.45) is 0 Å². The van der Waals surface area contributed by atoms with E-state index in [9.17, 15) is 0 Å². The molecule has 1 nitrogen and oxygen atoms in total. The Hall–Kier alpha value is -0.560. The Bertz CT molecular complexity index is 324. The molecule has 0 aliphatic rings. The topological polar surface area (TPSA) is 12.9 Å². The second-order valence-corrected chi connectivity index (χ2v) is 4.88. The molecule has 0 aliphatic carbocycles. The lowest BCUT2D eigenvalue weighted by atomic mass is 9.88. The van der Waals surface area contributed by atoms with E-state index in [1.807, 2.05) is 19.9 Å². The maximum absolute atomic E-state index is 6.09. The summed E-state index contributed by atoms with van der Waals surface area (Å²) in [4.78, 5) is 4.52. The third-order valence-corrected chi connectivity index (χ3v) is 2.44. The Kier molecular flexibility index (Phi) is 2.67. The molecular formula is C11H16ClN. The lowest BCUT2D eigenvalue weighted by Gasteiger charge is -2.21. The number of halogens is 1. The van der Waals surface area contributed by atoms with Gasteiger partial charge < -0.3 is 0 Å². The molecule has 0 atom stereocenters. The van der Waals surface area contributed by atoms with Crippen LogP contribution in [0.4, 0.5) is 0 Å². The minimum atomic E-state index is 0.0692. The van der Waals surface area contributed by atoms with E-state index in [-0.39, 0.29) is 5.41 Å². The average molecular weight is 198 g/mol. The smallest absolute Gasteiger partial charge is 0.0504 e. The van der Waals surface area contributed by atoms with Crippen LogP contribution in [-0.4, -0.2) is 4.98 Å². The van der Waals surface area contributed by atoms with E-state index in [2.05, 4.69) is 25.8 Å². The molecule has 0 spiro atoms. The molecule has 0 aliphatic heterocycles. The van der Waals surface area contributed by atoms with Crippen molar-refractivity contribution in [3.8, 4) is 0 Å². The molecular weight excluding hydrogens is 182 g/mol. The molecule has 0 bridgehead atoms. The molecule has 1 aromatic heterocycles. The molecule has 0 aromatic carbocycles. The average Bonchev–Trinajstić information content (AvgIpc) is 1.94. The summed E-state index contributed by atoms with van der Waals surface area (Å²) in [6.07, 6.45) is 0. The highest BCUT2D eigenvalue weighted by Crippen LogP contribution is 2.28. The van der Waals surface area contributed by atoms with Gasteiger partial charge in [-0.1, -0.05) is 32.4 Å². The zero-order chi connectivity index (χ0) is 10.2. The monoisotopic (exact) mass is 197 g/mol. The van der Waals surface area contributed by atoms with Gasteiger partial charge in [-0.2, -0.15) is 0 Å². The molecule has 1 heterocycles. The van der Waals surface area contributed by atoms with Crippen molar-refractivity contribution >= 4 is 11.6 Å². The van der Waals surface area contributed by atoms with Gasteiger partial charge in [0.2, 0.25) is 0 Å². The summed E-state index contributed by atoms with van der Waals surface area (Å²) in [7, 11) is 0. The van der Waals surface area contributed by atoms with Gasteiger partial charge in [0.05, 0.1) is 5.69 Å². The van der Waals surface area contributed by atoms with Crippen LogP contribution in [0.15, 0.2) is 6.07 Å². The van der Waals surface area contributed by atoms with Gasteiger partial charge in [0.15, 0.2) is 0 Å². The van der Waals surface area contributed by atoms with E-state index in [0.29, 0.717) is 0 Å². The van der Waals surface area contributed by atoms with E-state index in [0.717, 1.165) is 22.0 Å². The number of nitrogens with zero attached hydrogens (tertiary/aromatic N) is 1. The molecule has 0 fully saturated rings. The van der Waals surface area contributed by atoms with Crippen molar-refractivity contribution in [1.82, 2.24) is 4.98 Å². The van der Waals surface area contributed by atoms with Gasteiger partial charge in [-0.25, -0.2) is 0 Å². The Labute approximate surface area is 85.1 Å². The van der Waals surface area contributed by atoms with Crippen LogP contribution in [0, 0.1) is 13.8 Å². The first kappa shape index (κ1) is 10.5. The minimum absolute atomic E-state index is 0.0692. The Balaban J connectivity index is 3.37. The van der Waals surface area contributed by atoms with Crippen LogP contribution in [-0.2, 0) is 5.41 Å². The molecule has 13 heavy (non-hydrogen) atoms. The summed E-state index contributed by atoms with van der Waals surface area (Å²) >= 11 is 6.09. The molecule has 2 heteroatoms. The normalized spacial score (nSPS) is 11.8. The van der Waals surface area contributed by atoms with Crippen molar-refractivity contribution < 1.29 is 0 Å². The van der Waals surface area contributed by atoms with Crippen molar-refractivity contribution in [3.63, 3.8) is 0 Å². The van der Waals surface area contributed by atoms with Gasteiger partial charge >= 0.3 is 0 Å². The fourth-order valence-electron chi connectivity index (χ4n) is 1.43. The fraction of sp³-hybridized carbons (Fsp3) is 0.545. The summed E-state index contributed by atoms with van der Waals surface area (Å²) in [6.45, 7) is 10.4. The molecule has 1 aromatic rings. The zero-order valence-electron chi connectivity index (χ0n) is 8.90. The standard InChI is InChI=1S/C11H16ClN/c1-7-6-9(12)8(2)10(13-7)11(3,4)5/h6H,1-5H3. The predicted molar refractivity (Wildman–Crippen MR) is 57.4 cm³/mol. The summed E-state index contributed by atoms with van der Waals surface area (Å²) in [5, 5.41) is 0.817. The quantitative estimate of drug-likeness (QED) is 0.619. The zero-order valence-corrected chi connectivity index (χ0v) is 9.66. The first-order valence-corrected chi connectivity index (χ1v) is 4.84. The predicted octanol–water partition coefficient (Wildman–Crippen LogP) is 3.65. The second kappa shape index (κ2) is 3.30. The van der Waals surface area contributed by atoms with Crippen molar-refractivity contribution in [1.29, 1.82) is 0 Å². The fourth-order valence-corrected chi connectivity index (χ4v) is 1.67. The second-order valence-electron chi connectivity index (χ2n) is 4.47. The molecule has 0 N–H and O–H groups in total. The van der Waals surface area contributed by atoms with Crippen LogP contribution in [0.1, 0.15) is 37.7 Å². The van der Waals surface area contributed by atoms with Crippen LogP contribution >= 0.6 is 11.6 Å². The van der Waals surface area contributed by atoms with E-state index < -0.39 is 0 Å². The van der Waals surface area contributed by atoms with Gasteiger partial charge in [-0.05, 0) is 25.5 Å². The number of hydrogen-bond acceptors (Lipinski definition) is 1. The Morgan fingerprint density at radius 2 is 1.77 bits per heavy atom. The maximum Gasteiger partial charge on any atom is 0.0504 e. The minimum Gasteiger partial charge on any atom is -0.257 e. The number of hydrogen-bond donors (Lipinski definition) is 0. The van der Waals surface area contributed by atoms with Gasteiger partial charge in [-0.15, -0.1) is 0 Å². The highest BCUT2D eigenvalue weighted by molar-refractivity contribution is 6.31. The highest BCUT2D eigenvalue weighted by Gasteiger charge is 2.19. The van der Waals surface area contributed by atoms with E-state index in [1.165, 1.54) is 0 Å². The molecule has 0 unspecified atom stereocenters. The molecule has 0 radical (unpaired) electrons. The number of aryl methyl sites for hydroxylation is 1. The van der Waals surface area contributed by atoms with Crippen molar-refractivity contribution in [3.05, 3.63) is 28.0 Å². The van der Waals surface area contributed by atoms with Crippen LogP contribution < -0.4 is 0 Å². The van der Waals surface area contributed by atoms with Gasteiger partial charge in [0.25, 0.3) is 0 Å². The van der Waals surface area contributed by atoms with E-state index >= 15 is 0 Å². The Morgan fingerprint density at radius 1 is 1.23 bits per heavy atom. The van der Waals surface area contributed by atoms with Crippen LogP contribution in [0.2, 0.25) is 5.02 Å². The van der Waals surface area contributed by atoms with Crippen LogP contribution in [0.3, 0.4) is 0 Å². The maximum atomic E-state index is 6.09. The van der Waals surface area contributed by atoms with Crippen molar-refractivity contribution in [2.45, 2.75) is 40.0 Å². The summed E-state index contributed by atoms with van der Waals surface area (Å²) in [5.74, 6) is 0. The van der Waals surface area contributed by atoms with Crippen molar-refractivity contribution in [2.75, 3.05) is 0 Å². The third kappa shape index (κ3) is 2.22. The summed E-state index contributed by atoms with van der Waals surface area (Å²) < 4.78 is 0. The van der Waals surface area contributed by atoms with Crippen LogP contribution in [0.5, 0.6) is 0 Å². The lowest BCUT2D eigenvalue weighted by Crippen LogP contribution is -2.16. The lowest BCUT2D eigenvalue weighted by molar-refractivity contribution is 0.562. The molecule has 0 saturated carbocycles. The molecule has 0 saturated heterocycles. The number of aromatic nitrogens is 1. The van der Waals surface area contributed by atoms with Gasteiger partial charge in [0.1, 0.15) is 0 Å². The first-order valence-electron chi connectivity index (χ1n) is 4.46. The molecule has 1 rings (SSSR count). The molecule has 72 valence electrons.